The Morgan fingerprint density at radius 3 is 2.69 bits per heavy atom. The molecule has 5 heteroatoms. The summed E-state index contributed by atoms with van der Waals surface area (Å²) >= 11 is 0. The Labute approximate surface area is 93.1 Å². The molecule has 0 saturated carbocycles. The van der Waals surface area contributed by atoms with Crippen LogP contribution in [0.1, 0.15) is 36.7 Å². The number of aromatic amines is 1. The number of aryl methyl sites for hydroxylation is 1. The van der Waals surface area contributed by atoms with Crippen LogP contribution in [0.3, 0.4) is 0 Å². The average molecular weight is 224 g/mol. The topological polar surface area (TPSA) is 64.1 Å². The van der Waals surface area contributed by atoms with E-state index in [2.05, 4.69) is 4.98 Å². The van der Waals surface area contributed by atoms with Crippen LogP contribution in [0.4, 0.5) is 0 Å². The van der Waals surface area contributed by atoms with E-state index in [0.717, 1.165) is 19.3 Å². The summed E-state index contributed by atoms with van der Waals surface area (Å²) in [5, 5.41) is 0. The maximum absolute atomic E-state index is 12.0. The highest BCUT2D eigenvalue weighted by Gasteiger charge is 2.20. The SMILES string of the molecule is Cc1[nH]c(=O)n(C2CCCCO2)c(=O)c1C. The lowest BCUT2D eigenvalue weighted by Gasteiger charge is -2.24. The average Bonchev–Trinajstić information content (AvgIpc) is 2.28. The first-order chi connectivity index (χ1) is 7.61. The first-order valence-electron chi connectivity index (χ1n) is 5.55. The van der Waals surface area contributed by atoms with Crippen molar-refractivity contribution < 1.29 is 4.74 Å². The zero-order valence-corrected chi connectivity index (χ0v) is 9.58. The molecule has 1 N–H and O–H groups in total. The van der Waals surface area contributed by atoms with Gasteiger partial charge in [-0.15, -0.1) is 0 Å². The van der Waals surface area contributed by atoms with E-state index in [-0.39, 0.29) is 11.2 Å². The Balaban J connectivity index is 2.51. The van der Waals surface area contributed by atoms with Gasteiger partial charge in [0.25, 0.3) is 5.56 Å². The van der Waals surface area contributed by atoms with Crippen molar-refractivity contribution in [2.24, 2.45) is 0 Å². The van der Waals surface area contributed by atoms with Gasteiger partial charge in [-0.1, -0.05) is 0 Å². The van der Waals surface area contributed by atoms with Crippen molar-refractivity contribution in [3.05, 3.63) is 32.1 Å². The van der Waals surface area contributed by atoms with Gasteiger partial charge >= 0.3 is 5.69 Å². The molecule has 1 aromatic rings. The van der Waals surface area contributed by atoms with Crippen LogP contribution < -0.4 is 11.2 Å². The van der Waals surface area contributed by atoms with E-state index in [9.17, 15) is 9.59 Å². The van der Waals surface area contributed by atoms with Crippen molar-refractivity contribution in [3.8, 4) is 0 Å². The Kier molecular flexibility index (Phi) is 2.96. The highest BCUT2D eigenvalue weighted by atomic mass is 16.5. The largest absolute Gasteiger partial charge is 0.358 e. The normalized spacial score (nSPS) is 21.0. The van der Waals surface area contributed by atoms with Gasteiger partial charge in [0.15, 0.2) is 0 Å². The summed E-state index contributed by atoms with van der Waals surface area (Å²) in [4.78, 5) is 26.4. The Morgan fingerprint density at radius 1 is 1.31 bits per heavy atom. The van der Waals surface area contributed by atoms with Gasteiger partial charge in [-0.3, -0.25) is 4.79 Å². The van der Waals surface area contributed by atoms with Crippen molar-refractivity contribution in [2.45, 2.75) is 39.3 Å². The highest BCUT2D eigenvalue weighted by molar-refractivity contribution is 5.12. The number of hydrogen-bond acceptors (Lipinski definition) is 3. The molecule has 0 bridgehead atoms. The molecular formula is C11H16N2O3. The number of H-pyrrole nitrogens is 1. The van der Waals surface area contributed by atoms with E-state index >= 15 is 0 Å². The zero-order chi connectivity index (χ0) is 11.7. The quantitative estimate of drug-likeness (QED) is 0.769. The van der Waals surface area contributed by atoms with E-state index in [4.69, 9.17) is 4.74 Å². The fourth-order valence-electron chi connectivity index (χ4n) is 1.94. The Bertz CT molecular complexity index is 495. The van der Waals surface area contributed by atoms with Crippen LogP contribution in [0.25, 0.3) is 0 Å². The lowest BCUT2D eigenvalue weighted by Crippen LogP contribution is -2.41. The second-order valence-electron chi connectivity index (χ2n) is 4.18. The Morgan fingerprint density at radius 2 is 2.06 bits per heavy atom. The second kappa shape index (κ2) is 4.25. The molecule has 2 heterocycles. The fourth-order valence-corrected chi connectivity index (χ4v) is 1.94. The van der Waals surface area contributed by atoms with Gasteiger partial charge in [0.2, 0.25) is 0 Å². The van der Waals surface area contributed by atoms with Gasteiger partial charge in [-0.05, 0) is 33.1 Å². The summed E-state index contributed by atoms with van der Waals surface area (Å²) < 4.78 is 6.66. The number of hydrogen-bond donors (Lipinski definition) is 1. The predicted octanol–water partition coefficient (Wildman–Crippen LogP) is 0.853. The molecule has 1 fully saturated rings. The van der Waals surface area contributed by atoms with E-state index in [0.29, 0.717) is 17.9 Å². The smallest absolute Gasteiger partial charge is 0.330 e. The summed E-state index contributed by atoms with van der Waals surface area (Å²) in [6.45, 7) is 4.06. The maximum atomic E-state index is 12.0. The Hall–Kier alpha value is -1.36. The van der Waals surface area contributed by atoms with Gasteiger partial charge < -0.3 is 9.72 Å². The van der Waals surface area contributed by atoms with Crippen LogP contribution in [-0.2, 0) is 4.74 Å². The minimum Gasteiger partial charge on any atom is -0.358 e. The third-order valence-electron chi connectivity index (χ3n) is 3.06. The van der Waals surface area contributed by atoms with Crippen LogP contribution in [0.2, 0.25) is 0 Å². The third-order valence-corrected chi connectivity index (χ3v) is 3.06. The predicted molar refractivity (Wildman–Crippen MR) is 59.6 cm³/mol. The van der Waals surface area contributed by atoms with Crippen molar-refractivity contribution >= 4 is 0 Å². The first kappa shape index (κ1) is 11.1. The summed E-state index contributed by atoms with van der Waals surface area (Å²) in [5.41, 5.74) is 0.587. The van der Waals surface area contributed by atoms with Gasteiger partial charge in [0.05, 0.1) is 0 Å². The van der Waals surface area contributed by atoms with Crippen LogP contribution in [-0.4, -0.2) is 16.2 Å². The number of rotatable bonds is 1. The van der Waals surface area contributed by atoms with Crippen molar-refractivity contribution in [1.29, 1.82) is 0 Å². The second-order valence-corrected chi connectivity index (χ2v) is 4.18. The monoisotopic (exact) mass is 224 g/mol. The highest BCUT2D eigenvalue weighted by Crippen LogP contribution is 2.19. The van der Waals surface area contributed by atoms with E-state index < -0.39 is 6.23 Å². The fraction of sp³-hybridized carbons (Fsp3) is 0.636. The minimum atomic E-state index is -0.399. The molecule has 1 saturated heterocycles. The van der Waals surface area contributed by atoms with Crippen LogP contribution in [0, 0.1) is 13.8 Å². The van der Waals surface area contributed by atoms with Crippen LogP contribution >= 0.6 is 0 Å². The molecule has 1 aliphatic heterocycles. The lowest BCUT2D eigenvalue weighted by atomic mass is 10.2. The number of ether oxygens (including phenoxy) is 1. The summed E-state index contributed by atoms with van der Waals surface area (Å²) in [5.74, 6) is 0. The molecular weight excluding hydrogens is 208 g/mol. The molecule has 1 aliphatic rings. The summed E-state index contributed by atoms with van der Waals surface area (Å²) in [6, 6.07) is 0. The van der Waals surface area contributed by atoms with E-state index in [1.807, 2.05) is 0 Å². The van der Waals surface area contributed by atoms with Gasteiger partial charge in [0, 0.05) is 17.9 Å². The van der Waals surface area contributed by atoms with Crippen molar-refractivity contribution in [1.82, 2.24) is 9.55 Å². The molecule has 88 valence electrons. The maximum Gasteiger partial charge on any atom is 0.330 e. The molecule has 0 spiro atoms. The molecule has 0 radical (unpaired) electrons. The van der Waals surface area contributed by atoms with Crippen molar-refractivity contribution in [3.63, 3.8) is 0 Å². The molecule has 0 aliphatic carbocycles. The molecule has 1 aromatic heterocycles. The number of nitrogens with zero attached hydrogens (tertiary/aromatic N) is 1. The van der Waals surface area contributed by atoms with Gasteiger partial charge in [-0.25, -0.2) is 9.36 Å². The van der Waals surface area contributed by atoms with E-state index in [1.54, 1.807) is 13.8 Å². The molecule has 0 amide bonds. The third kappa shape index (κ3) is 1.82. The zero-order valence-electron chi connectivity index (χ0n) is 9.58. The summed E-state index contributed by atoms with van der Waals surface area (Å²) in [7, 11) is 0. The first-order valence-corrected chi connectivity index (χ1v) is 5.55. The molecule has 1 atom stereocenters. The standard InChI is InChI=1S/C11H16N2O3/c1-7-8(2)12-11(15)13(10(7)14)9-5-3-4-6-16-9/h9H,3-6H2,1-2H3,(H,12,15). The molecule has 2 rings (SSSR count). The van der Waals surface area contributed by atoms with Crippen LogP contribution in [0.5, 0.6) is 0 Å². The molecule has 16 heavy (non-hydrogen) atoms. The van der Waals surface area contributed by atoms with Gasteiger partial charge in [-0.2, -0.15) is 0 Å². The lowest BCUT2D eigenvalue weighted by molar-refractivity contribution is -0.0369. The minimum absolute atomic E-state index is 0.242. The number of nitrogens with one attached hydrogen (secondary N) is 1. The molecule has 1 unspecified atom stereocenters. The van der Waals surface area contributed by atoms with Crippen molar-refractivity contribution in [2.75, 3.05) is 6.61 Å². The van der Waals surface area contributed by atoms with Gasteiger partial charge in [0.1, 0.15) is 6.23 Å². The van der Waals surface area contributed by atoms with Crippen LogP contribution in [0.15, 0.2) is 9.59 Å². The molecule has 0 aromatic carbocycles. The summed E-state index contributed by atoms with van der Waals surface area (Å²) in [6.07, 6.45) is 2.31. The number of aromatic nitrogens is 2. The van der Waals surface area contributed by atoms with E-state index in [1.165, 1.54) is 4.57 Å². The molecule has 5 nitrogen and oxygen atoms in total.